The molecule has 0 unspecified atom stereocenters. The molecule has 1 fully saturated rings. The van der Waals surface area contributed by atoms with Crippen LogP contribution in [0, 0.1) is 10.1 Å². The molecular weight excluding hydrogens is 372 g/mol. The highest BCUT2D eigenvalue weighted by Gasteiger charge is 2.31. The maximum absolute atomic E-state index is 12.7. The summed E-state index contributed by atoms with van der Waals surface area (Å²) in [4.78, 5) is 11.6. The summed E-state index contributed by atoms with van der Waals surface area (Å²) in [6.45, 7) is 0.957. The third-order valence-corrected chi connectivity index (χ3v) is 5.71. The molecule has 12 heteroatoms. The monoisotopic (exact) mass is 387 g/mol. The van der Waals surface area contributed by atoms with Gasteiger partial charge in [-0.1, -0.05) is 5.21 Å². The van der Waals surface area contributed by atoms with E-state index in [9.17, 15) is 27.3 Å². The van der Waals surface area contributed by atoms with Gasteiger partial charge in [-0.3, -0.25) is 10.1 Å². The smallest absolute Gasteiger partial charge is 0.341 e. The first-order valence-corrected chi connectivity index (χ1v) is 9.26. The Kier molecular flexibility index (Phi) is 4.85. The Morgan fingerprint density at radius 3 is 2.50 bits per heavy atom. The Morgan fingerprint density at radius 1 is 1.27 bits per heavy atom. The molecule has 1 aromatic heterocycles. The summed E-state index contributed by atoms with van der Waals surface area (Å²) in [5, 5.41) is 19.0. The van der Waals surface area contributed by atoms with Crippen molar-refractivity contribution in [2.75, 3.05) is 18.0 Å². The van der Waals surface area contributed by atoms with E-state index in [1.807, 2.05) is 0 Å². The van der Waals surface area contributed by atoms with Gasteiger partial charge in [0.1, 0.15) is 5.69 Å². The molecule has 26 heavy (non-hydrogen) atoms. The molecule has 0 bridgehead atoms. The second kappa shape index (κ2) is 6.94. The van der Waals surface area contributed by atoms with E-state index < -0.39 is 31.1 Å². The van der Waals surface area contributed by atoms with E-state index in [0.717, 1.165) is 6.07 Å². The lowest BCUT2D eigenvalue weighted by Gasteiger charge is -2.33. The number of aromatic nitrogens is 3. The molecule has 0 amide bonds. The van der Waals surface area contributed by atoms with Crippen LogP contribution in [0.1, 0.15) is 18.9 Å². The normalized spacial score (nSPS) is 16.2. The van der Waals surface area contributed by atoms with Gasteiger partial charge in [-0.15, -0.1) is 5.10 Å². The maximum Gasteiger partial charge on any atom is 0.341 e. The van der Waals surface area contributed by atoms with Gasteiger partial charge < -0.3 is 4.90 Å². The molecular formula is C14H15F2N5O4S. The van der Waals surface area contributed by atoms with Crippen LogP contribution in [0.3, 0.4) is 0 Å². The Hall–Kier alpha value is -2.63. The largest absolute Gasteiger partial charge is 0.366 e. The van der Waals surface area contributed by atoms with Crippen molar-refractivity contribution in [1.82, 2.24) is 15.0 Å². The van der Waals surface area contributed by atoms with Crippen molar-refractivity contribution in [2.24, 2.45) is 0 Å². The van der Waals surface area contributed by atoms with Crippen LogP contribution in [0.15, 0.2) is 35.5 Å². The molecule has 3 rings (SSSR count). The number of sulfone groups is 1. The van der Waals surface area contributed by atoms with E-state index in [4.69, 9.17) is 0 Å². The topological polar surface area (TPSA) is 111 Å². The van der Waals surface area contributed by atoms with Crippen LogP contribution in [0.4, 0.5) is 20.2 Å². The Balaban J connectivity index is 1.85. The molecule has 2 aromatic rings. The number of anilines is 1. The minimum absolute atomic E-state index is 0.117. The van der Waals surface area contributed by atoms with Gasteiger partial charge in [-0.25, -0.2) is 13.1 Å². The van der Waals surface area contributed by atoms with E-state index in [1.54, 1.807) is 22.0 Å². The molecule has 0 aliphatic carbocycles. The lowest BCUT2D eigenvalue weighted by atomic mass is 10.0. The Bertz CT molecular complexity index is 896. The molecule has 9 nitrogen and oxygen atoms in total. The first-order valence-electron chi connectivity index (χ1n) is 7.72. The molecule has 0 atom stereocenters. The SMILES string of the molecule is O=[N+]([O-])c1cc(S(=O)(=O)C(F)F)ccc1N1CCC(n2ccnn2)CC1. The minimum Gasteiger partial charge on any atom is -0.366 e. The van der Waals surface area contributed by atoms with Gasteiger partial charge in [0.2, 0.25) is 9.84 Å². The number of piperidine rings is 1. The summed E-state index contributed by atoms with van der Waals surface area (Å²) < 4.78 is 50.2. The highest BCUT2D eigenvalue weighted by molar-refractivity contribution is 7.91. The number of benzene rings is 1. The van der Waals surface area contributed by atoms with Crippen LogP contribution in [0.2, 0.25) is 0 Å². The zero-order valence-corrected chi connectivity index (χ0v) is 14.2. The number of hydrogen-bond donors (Lipinski definition) is 0. The zero-order chi connectivity index (χ0) is 18.9. The molecule has 1 aliphatic rings. The highest BCUT2D eigenvalue weighted by Crippen LogP contribution is 2.35. The first-order chi connectivity index (χ1) is 12.3. The molecule has 2 heterocycles. The van der Waals surface area contributed by atoms with Crippen LogP contribution < -0.4 is 4.90 Å². The number of halogens is 2. The molecule has 0 radical (unpaired) electrons. The van der Waals surface area contributed by atoms with E-state index in [-0.39, 0.29) is 11.7 Å². The van der Waals surface area contributed by atoms with E-state index in [1.165, 1.54) is 6.07 Å². The summed E-state index contributed by atoms with van der Waals surface area (Å²) >= 11 is 0. The molecule has 140 valence electrons. The summed E-state index contributed by atoms with van der Waals surface area (Å²) in [6.07, 6.45) is 4.64. The summed E-state index contributed by atoms with van der Waals surface area (Å²) in [6, 6.07) is 3.00. The van der Waals surface area contributed by atoms with E-state index in [0.29, 0.717) is 32.0 Å². The van der Waals surface area contributed by atoms with Crippen LogP contribution >= 0.6 is 0 Å². The fourth-order valence-electron chi connectivity index (χ4n) is 2.98. The van der Waals surface area contributed by atoms with E-state index >= 15 is 0 Å². The number of nitro benzene ring substituents is 1. The molecule has 0 N–H and O–H groups in total. The number of alkyl halides is 2. The van der Waals surface area contributed by atoms with Crippen molar-refractivity contribution in [3.8, 4) is 0 Å². The van der Waals surface area contributed by atoms with Crippen LogP contribution in [0.25, 0.3) is 0 Å². The Morgan fingerprint density at radius 2 is 1.96 bits per heavy atom. The fourth-order valence-corrected chi connectivity index (χ4v) is 3.72. The molecule has 1 saturated heterocycles. The van der Waals surface area contributed by atoms with Gasteiger partial charge in [-0.05, 0) is 25.0 Å². The van der Waals surface area contributed by atoms with Crippen LogP contribution in [0.5, 0.6) is 0 Å². The average Bonchev–Trinajstić information content (AvgIpc) is 3.16. The van der Waals surface area contributed by atoms with E-state index in [2.05, 4.69) is 10.3 Å². The number of nitro groups is 1. The average molecular weight is 387 g/mol. The summed E-state index contributed by atoms with van der Waals surface area (Å²) in [5.74, 6) is -3.63. The maximum atomic E-state index is 12.7. The van der Waals surface area contributed by atoms with Crippen molar-refractivity contribution < 1.29 is 22.1 Å². The van der Waals surface area contributed by atoms with Crippen molar-refractivity contribution in [2.45, 2.75) is 29.5 Å². The van der Waals surface area contributed by atoms with Gasteiger partial charge in [0, 0.05) is 25.4 Å². The van der Waals surface area contributed by atoms with Gasteiger partial charge in [0.15, 0.2) is 0 Å². The lowest BCUT2D eigenvalue weighted by molar-refractivity contribution is -0.384. The van der Waals surface area contributed by atoms with Crippen molar-refractivity contribution in [3.05, 3.63) is 40.7 Å². The van der Waals surface area contributed by atoms with Crippen LogP contribution in [-0.4, -0.2) is 47.2 Å². The molecule has 0 saturated carbocycles. The van der Waals surface area contributed by atoms with Gasteiger partial charge in [-0.2, -0.15) is 8.78 Å². The quantitative estimate of drug-likeness (QED) is 0.570. The summed E-state index contributed by atoms with van der Waals surface area (Å²) in [5.41, 5.74) is -0.300. The van der Waals surface area contributed by atoms with Gasteiger partial charge >= 0.3 is 5.76 Å². The van der Waals surface area contributed by atoms with Crippen molar-refractivity contribution in [3.63, 3.8) is 0 Å². The molecule has 0 spiro atoms. The van der Waals surface area contributed by atoms with Crippen molar-refractivity contribution in [1.29, 1.82) is 0 Å². The Labute approximate surface area is 147 Å². The number of nitrogens with zero attached hydrogens (tertiary/aromatic N) is 5. The zero-order valence-electron chi connectivity index (χ0n) is 13.4. The lowest BCUT2D eigenvalue weighted by Crippen LogP contribution is -2.35. The summed E-state index contributed by atoms with van der Waals surface area (Å²) in [7, 11) is -4.89. The second-order valence-electron chi connectivity index (χ2n) is 5.81. The standard InChI is InChI=1S/C14H15F2N5O4S/c15-14(16)26(24,25)11-1-2-12(13(9-11)21(22)23)19-6-3-10(4-7-19)20-8-5-17-18-20/h1-2,5,8-10,14H,3-4,6-7H2. The number of hydrogen-bond acceptors (Lipinski definition) is 7. The van der Waals surface area contributed by atoms with Crippen LogP contribution in [-0.2, 0) is 9.84 Å². The first kappa shape index (κ1) is 18.2. The number of rotatable bonds is 5. The second-order valence-corrected chi connectivity index (χ2v) is 7.73. The van der Waals surface area contributed by atoms with Gasteiger partial charge in [0.05, 0.1) is 22.1 Å². The predicted octanol–water partition coefficient (Wildman–Crippen LogP) is 2.02. The predicted molar refractivity (Wildman–Crippen MR) is 86.8 cm³/mol. The fraction of sp³-hybridized carbons (Fsp3) is 0.429. The highest BCUT2D eigenvalue weighted by atomic mass is 32.2. The van der Waals surface area contributed by atoms with Crippen molar-refractivity contribution >= 4 is 21.2 Å². The third kappa shape index (κ3) is 3.36. The third-order valence-electron chi connectivity index (χ3n) is 4.33. The molecule has 1 aliphatic heterocycles. The molecule has 1 aromatic carbocycles. The minimum atomic E-state index is -4.89. The van der Waals surface area contributed by atoms with Gasteiger partial charge in [0.25, 0.3) is 5.69 Å².